The second-order valence-electron chi connectivity index (χ2n) is 4.68. The van der Waals surface area contributed by atoms with Gasteiger partial charge in [-0.15, -0.1) is 11.3 Å². The monoisotopic (exact) mass is 285 g/mol. The molecule has 0 unspecified atom stereocenters. The van der Waals surface area contributed by atoms with Crippen molar-refractivity contribution in [2.45, 2.75) is 6.92 Å². The highest BCUT2D eigenvalue weighted by molar-refractivity contribution is 7.20. The Morgan fingerprint density at radius 1 is 1.30 bits per heavy atom. The Labute approximate surface area is 122 Å². The molecule has 1 saturated heterocycles. The van der Waals surface area contributed by atoms with Crippen molar-refractivity contribution in [3.05, 3.63) is 35.7 Å². The first-order valence-electron chi connectivity index (χ1n) is 6.58. The molecule has 1 fully saturated rings. The maximum absolute atomic E-state index is 9.48. The van der Waals surface area contributed by atoms with Crippen LogP contribution in [0.15, 0.2) is 24.5 Å². The zero-order valence-electron chi connectivity index (χ0n) is 11.3. The van der Waals surface area contributed by atoms with Crippen LogP contribution in [0.3, 0.4) is 0 Å². The zero-order valence-corrected chi connectivity index (χ0v) is 12.1. The Morgan fingerprint density at radius 2 is 2.00 bits per heavy atom. The summed E-state index contributed by atoms with van der Waals surface area (Å²) in [7, 11) is 0. The van der Waals surface area contributed by atoms with Gasteiger partial charge in [-0.3, -0.25) is 4.98 Å². The molecule has 0 aliphatic carbocycles. The fourth-order valence-corrected chi connectivity index (χ4v) is 3.71. The van der Waals surface area contributed by atoms with Crippen LogP contribution < -0.4 is 4.90 Å². The van der Waals surface area contributed by atoms with Crippen LogP contribution in [-0.4, -0.2) is 31.3 Å². The molecule has 102 valence electrons. The van der Waals surface area contributed by atoms with Gasteiger partial charge in [0.25, 0.3) is 0 Å². The van der Waals surface area contributed by atoms with Gasteiger partial charge in [-0.2, -0.15) is 5.26 Å². The van der Waals surface area contributed by atoms with Gasteiger partial charge in [-0.25, -0.2) is 0 Å². The molecular formula is C15H15N3OS. The molecule has 2 aromatic heterocycles. The Kier molecular flexibility index (Phi) is 3.68. The van der Waals surface area contributed by atoms with E-state index in [2.05, 4.69) is 16.0 Å². The normalized spacial score (nSPS) is 15.1. The summed E-state index contributed by atoms with van der Waals surface area (Å²) in [5, 5.41) is 10.5. The summed E-state index contributed by atoms with van der Waals surface area (Å²) >= 11 is 1.69. The highest BCUT2D eigenvalue weighted by atomic mass is 32.1. The van der Waals surface area contributed by atoms with Crippen LogP contribution in [0.4, 0.5) is 5.00 Å². The number of aromatic nitrogens is 1. The van der Waals surface area contributed by atoms with Crippen molar-refractivity contribution < 1.29 is 4.74 Å². The molecule has 0 amide bonds. The van der Waals surface area contributed by atoms with E-state index in [1.165, 1.54) is 0 Å². The molecule has 4 nitrogen and oxygen atoms in total. The summed E-state index contributed by atoms with van der Waals surface area (Å²) in [6.07, 6.45) is 3.57. The predicted octanol–water partition coefficient (Wildman–Crippen LogP) is 2.83. The third-order valence-corrected chi connectivity index (χ3v) is 4.88. The van der Waals surface area contributed by atoms with Crippen LogP contribution in [0.5, 0.6) is 0 Å². The molecule has 0 atom stereocenters. The molecule has 0 aromatic carbocycles. The highest BCUT2D eigenvalue weighted by Gasteiger charge is 2.22. The largest absolute Gasteiger partial charge is 0.378 e. The van der Waals surface area contributed by atoms with Crippen LogP contribution in [0.25, 0.3) is 10.4 Å². The van der Waals surface area contributed by atoms with Crippen LogP contribution in [0, 0.1) is 18.3 Å². The SMILES string of the molecule is Cc1c(-c2ccncc2)sc(N2CCOCC2)c1C#N. The second kappa shape index (κ2) is 5.61. The van der Waals surface area contributed by atoms with Crippen LogP contribution >= 0.6 is 11.3 Å². The van der Waals surface area contributed by atoms with Crippen molar-refractivity contribution in [2.75, 3.05) is 31.2 Å². The first kappa shape index (κ1) is 13.1. The number of ether oxygens (including phenoxy) is 1. The molecule has 0 saturated carbocycles. The van der Waals surface area contributed by atoms with Gasteiger partial charge in [0.1, 0.15) is 11.1 Å². The summed E-state index contributed by atoms with van der Waals surface area (Å²) in [6.45, 7) is 5.18. The first-order valence-corrected chi connectivity index (χ1v) is 7.39. The average Bonchev–Trinajstić information content (AvgIpc) is 2.86. The molecule has 0 N–H and O–H groups in total. The van der Waals surface area contributed by atoms with Gasteiger partial charge in [-0.1, -0.05) is 0 Å². The van der Waals surface area contributed by atoms with E-state index >= 15 is 0 Å². The van der Waals surface area contributed by atoms with E-state index in [0.717, 1.165) is 52.9 Å². The number of morpholine rings is 1. The summed E-state index contributed by atoms with van der Waals surface area (Å²) in [4.78, 5) is 7.46. The Hall–Kier alpha value is -1.90. The van der Waals surface area contributed by atoms with E-state index in [-0.39, 0.29) is 0 Å². The molecule has 0 radical (unpaired) electrons. The fraction of sp³-hybridized carbons (Fsp3) is 0.333. The average molecular weight is 285 g/mol. The van der Waals surface area contributed by atoms with Gasteiger partial charge in [0.15, 0.2) is 0 Å². The lowest BCUT2D eigenvalue weighted by molar-refractivity contribution is 0.123. The van der Waals surface area contributed by atoms with E-state index in [0.29, 0.717) is 0 Å². The number of rotatable bonds is 2. The molecular weight excluding hydrogens is 270 g/mol. The summed E-state index contributed by atoms with van der Waals surface area (Å²) in [5.41, 5.74) is 2.98. The second-order valence-corrected chi connectivity index (χ2v) is 5.68. The molecule has 3 rings (SSSR count). The Morgan fingerprint density at radius 3 is 2.65 bits per heavy atom. The molecule has 5 heteroatoms. The minimum atomic E-state index is 0.729. The minimum Gasteiger partial charge on any atom is -0.378 e. The van der Waals surface area contributed by atoms with Crippen molar-refractivity contribution in [1.82, 2.24) is 4.98 Å². The van der Waals surface area contributed by atoms with Gasteiger partial charge in [0.2, 0.25) is 0 Å². The van der Waals surface area contributed by atoms with Gasteiger partial charge in [0.05, 0.1) is 18.8 Å². The third kappa shape index (κ3) is 2.28. The summed E-state index contributed by atoms with van der Waals surface area (Å²) < 4.78 is 5.39. The standard InChI is InChI=1S/C15H15N3OS/c1-11-13(10-16)15(18-6-8-19-9-7-18)20-14(11)12-2-4-17-5-3-12/h2-5H,6-9H2,1H3. The molecule has 0 spiro atoms. The maximum atomic E-state index is 9.48. The number of pyridine rings is 1. The summed E-state index contributed by atoms with van der Waals surface area (Å²) in [5.74, 6) is 0. The predicted molar refractivity (Wildman–Crippen MR) is 80.0 cm³/mol. The van der Waals surface area contributed by atoms with Crippen molar-refractivity contribution in [1.29, 1.82) is 5.26 Å². The molecule has 0 bridgehead atoms. The number of hydrogen-bond donors (Lipinski definition) is 0. The third-order valence-electron chi connectivity index (χ3n) is 3.48. The number of thiophene rings is 1. The van der Waals surface area contributed by atoms with Crippen molar-refractivity contribution in [3.8, 4) is 16.5 Å². The van der Waals surface area contributed by atoms with Crippen LogP contribution in [-0.2, 0) is 4.74 Å². The zero-order chi connectivity index (χ0) is 13.9. The topological polar surface area (TPSA) is 49.2 Å². The highest BCUT2D eigenvalue weighted by Crippen LogP contribution is 2.41. The van der Waals surface area contributed by atoms with E-state index in [4.69, 9.17) is 4.74 Å². The molecule has 1 aliphatic rings. The van der Waals surface area contributed by atoms with Crippen molar-refractivity contribution in [2.24, 2.45) is 0 Å². The smallest absolute Gasteiger partial charge is 0.110 e. The van der Waals surface area contributed by atoms with Crippen molar-refractivity contribution >= 4 is 16.3 Å². The summed E-state index contributed by atoms with van der Waals surface area (Å²) in [6, 6.07) is 6.34. The quantitative estimate of drug-likeness (QED) is 0.851. The molecule has 1 aliphatic heterocycles. The maximum Gasteiger partial charge on any atom is 0.110 e. The lowest BCUT2D eigenvalue weighted by atomic mass is 10.1. The Balaban J connectivity index is 2.05. The number of nitriles is 1. The minimum absolute atomic E-state index is 0.729. The van der Waals surface area contributed by atoms with Crippen LogP contribution in [0.2, 0.25) is 0 Å². The van der Waals surface area contributed by atoms with Gasteiger partial charge in [-0.05, 0) is 30.2 Å². The van der Waals surface area contributed by atoms with E-state index in [1.807, 2.05) is 19.1 Å². The molecule has 3 heterocycles. The van der Waals surface area contributed by atoms with Gasteiger partial charge in [0, 0.05) is 30.4 Å². The number of anilines is 1. The first-order chi connectivity index (χ1) is 9.81. The lowest BCUT2D eigenvalue weighted by Gasteiger charge is -2.27. The molecule has 2 aromatic rings. The molecule has 20 heavy (non-hydrogen) atoms. The van der Waals surface area contributed by atoms with Crippen molar-refractivity contribution in [3.63, 3.8) is 0 Å². The number of hydrogen-bond acceptors (Lipinski definition) is 5. The van der Waals surface area contributed by atoms with E-state index < -0.39 is 0 Å². The number of nitrogens with zero attached hydrogens (tertiary/aromatic N) is 3. The van der Waals surface area contributed by atoms with E-state index in [9.17, 15) is 5.26 Å². The van der Waals surface area contributed by atoms with Gasteiger partial charge >= 0.3 is 0 Å². The van der Waals surface area contributed by atoms with Crippen LogP contribution in [0.1, 0.15) is 11.1 Å². The lowest BCUT2D eigenvalue weighted by Crippen LogP contribution is -2.36. The van der Waals surface area contributed by atoms with E-state index in [1.54, 1.807) is 23.7 Å². The fourth-order valence-electron chi connectivity index (χ4n) is 2.40. The Bertz CT molecular complexity index is 639. The van der Waals surface area contributed by atoms with Gasteiger partial charge < -0.3 is 9.64 Å².